The number of aryl methyl sites for hydroxylation is 1. The quantitative estimate of drug-likeness (QED) is 0.856. The highest BCUT2D eigenvalue weighted by molar-refractivity contribution is 6.32. The predicted molar refractivity (Wildman–Crippen MR) is 75.6 cm³/mol. The molecule has 0 aliphatic rings. The van der Waals surface area contributed by atoms with Crippen molar-refractivity contribution in [3.63, 3.8) is 0 Å². The van der Waals surface area contributed by atoms with E-state index in [0.29, 0.717) is 0 Å². The van der Waals surface area contributed by atoms with E-state index in [4.69, 9.17) is 16.7 Å². The molecule has 3 nitrogen and oxygen atoms in total. The van der Waals surface area contributed by atoms with Crippen LogP contribution >= 0.6 is 11.6 Å². The maximum atomic E-state index is 11.1. The van der Waals surface area contributed by atoms with Gasteiger partial charge in [-0.2, -0.15) is 0 Å². The molecule has 98 valence electrons. The van der Waals surface area contributed by atoms with Crippen molar-refractivity contribution >= 4 is 17.6 Å². The van der Waals surface area contributed by atoms with E-state index in [1.165, 1.54) is 5.56 Å². The Morgan fingerprint density at radius 3 is 2.79 bits per heavy atom. The van der Waals surface area contributed by atoms with Gasteiger partial charge in [-0.3, -0.25) is 0 Å². The second-order valence-electron chi connectivity index (χ2n) is 4.27. The first-order chi connectivity index (χ1) is 9.13. The number of aromatic nitrogens is 1. The molecule has 1 heterocycles. The molecule has 4 heteroatoms. The summed E-state index contributed by atoms with van der Waals surface area (Å²) in [5.41, 5.74) is 3.01. The molecule has 0 spiro atoms. The molecule has 0 unspecified atom stereocenters. The largest absolute Gasteiger partial charge is 0.478 e. The summed E-state index contributed by atoms with van der Waals surface area (Å²) in [4.78, 5) is 15.1. The minimum absolute atomic E-state index is 0.0178. The number of aromatic carboxylic acids is 1. The fraction of sp³-hybridized carbons (Fsp3) is 0.200. The summed E-state index contributed by atoms with van der Waals surface area (Å²) >= 11 is 5.79. The third kappa shape index (κ3) is 2.93. The van der Waals surface area contributed by atoms with E-state index in [9.17, 15) is 4.79 Å². The summed E-state index contributed by atoms with van der Waals surface area (Å²) in [6, 6.07) is 9.51. The third-order valence-corrected chi connectivity index (χ3v) is 3.22. The molecule has 0 aliphatic carbocycles. The number of pyridine rings is 1. The number of rotatable bonds is 4. The Balaban J connectivity index is 2.53. The van der Waals surface area contributed by atoms with Crippen LogP contribution in [-0.2, 0) is 6.42 Å². The Hall–Kier alpha value is -1.87. The van der Waals surface area contributed by atoms with Crippen molar-refractivity contribution in [3.05, 3.63) is 52.8 Å². The van der Waals surface area contributed by atoms with Gasteiger partial charge in [-0.05, 0) is 23.6 Å². The summed E-state index contributed by atoms with van der Waals surface area (Å²) in [5.74, 6) is -1.06. The molecule has 0 saturated carbocycles. The first-order valence-electron chi connectivity index (χ1n) is 6.10. The zero-order valence-corrected chi connectivity index (χ0v) is 11.3. The Morgan fingerprint density at radius 2 is 2.11 bits per heavy atom. The maximum Gasteiger partial charge on any atom is 0.338 e. The minimum atomic E-state index is -1.06. The molecule has 0 fully saturated rings. The third-order valence-electron chi connectivity index (χ3n) is 2.92. The topological polar surface area (TPSA) is 50.2 Å². The fourth-order valence-corrected chi connectivity index (χ4v) is 2.22. The Bertz CT molecular complexity index is 611. The molecule has 1 aromatic carbocycles. The molecule has 0 amide bonds. The van der Waals surface area contributed by atoms with Crippen LogP contribution in [0.3, 0.4) is 0 Å². The Labute approximate surface area is 116 Å². The molecular weight excluding hydrogens is 262 g/mol. The molecule has 0 aliphatic heterocycles. The van der Waals surface area contributed by atoms with Crippen LogP contribution in [0.25, 0.3) is 11.1 Å². The number of carbonyl (C=O) groups is 1. The molecule has 0 radical (unpaired) electrons. The minimum Gasteiger partial charge on any atom is -0.478 e. The lowest BCUT2D eigenvalue weighted by Crippen LogP contribution is -2.00. The van der Waals surface area contributed by atoms with Gasteiger partial charge in [0.25, 0.3) is 0 Å². The summed E-state index contributed by atoms with van der Waals surface area (Å²) < 4.78 is 0. The maximum absolute atomic E-state index is 11.1. The van der Waals surface area contributed by atoms with E-state index in [0.717, 1.165) is 24.0 Å². The number of carboxylic acid groups (broad SMARTS) is 1. The number of hydrogen-bond acceptors (Lipinski definition) is 2. The van der Waals surface area contributed by atoms with Crippen molar-refractivity contribution in [1.82, 2.24) is 4.98 Å². The van der Waals surface area contributed by atoms with Gasteiger partial charge in [0.05, 0.1) is 5.56 Å². The first-order valence-corrected chi connectivity index (χ1v) is 6.48. The van der Waals surface area contributed by atoms with Crippen LogP contribution in [0.4, 0.5) is 0 Å². The molecule has 19 heavy (non-hydrogen) atoms. The van der Waals surface area contributed by atoms with Gasteiger partial charge in [0.1, 0.15) is 5.15 Å². The SMILES string of the molecule is CCCc1ccccc1-c1cnc(Cl)c(C(=O)O)c1. The lowest BCUT2D eigenvalue weighted by atomic mass is 9.97. The van der Waals surface area contributed by atoms with E-state index in [1.807, 2.05) is 24.3 Å². The number of nitrogens with zero attached hydrogens (tertiary/aromatic N) is 1. The molecule has 0 atom stereocenters. The average molecular weight is 276 g/mol. The van der Waals surface area contributed by atoms with Gasteiger partial charge in [0.2, 0.25) is 0 Å². The van der Waals surface area contributed by atoms with Crippen molar-refractivity contribution in [3.8, 4) is 11.1 Å². The van der Waals surface area contributed by atoms with Gasteiger partial charge in [0.15, 0.2) is 0 Å². The summed E-state index contributed by atoms with van der Waals surface area (Å²) in [7, 11) is 0. The normalized spacial score (nSPS) is 10.4. The molecule has 2 aromatic rings. The van der Waals surface area contributed by atoms with Gasteiger partial charge in [-0.1, -0.05) is 49.2 Å². The van der Waals surface area contributed by atoms with E-state index in [2.05, 4.69) is 11.9 Å². The van der Waals surface area contributed by atoms with Gasteiger partial charge in [-0.15, -0.1) is 0 Å². The second kappa shape index (κ2) is 5.85. The zero-order valence-electron chi connectivity index (χ0n) is 10.6. The van der Waals surface area contributed by atoms with E-state index < -0.39 is 5.97 Å². The summed E-state index contributed by atoms with van der Waals surface area (Å²) in [5, 5.41) is 9.10. The summed E-state index contributed by atoms with van der Waals surface area (Å²) in [6.45, 7) is 2.11. The molecule has 1 aromatic heterocycles. The van der Waals surface area contributed by atoms with Crippen LogP contribution in [0, 0.1) is 0 Å². The number of carboxylic acids is 1. The molecular formula is C15H14ClNO2. The monoisotopic (exact) mass is 275 g/mol. The number of halogens is 1. The van der Waals surface area contributed by atoms with E-state index >= 15 is 0 Å². The van der Waals surface area contributed by atoms with Crippen molar-refractivity contribution < 1.29 is 9.90 Å². The first kappa shape index (κ1) is 13.6. The van der Waals surface area contributed by atoms with E-state index in [-0.39, 0.29) is 10.7 Å². The van der Waals surface area contributed by atoms with Crippen molar-refractivity contribution in [2.75, 3.05) is 0 Å². The lowest BCUT2D eigenvalue weighted by Gasteiger charge is -2.09. The van der Waals surface area contributed by atoms with Crippen molar-refractivity contribution in [1.29, 1.82) is 0 Å². The lowest BCUT2D eigenvalue weighted by molar-refractivity contribution is 0.0696. The van der Waals surface area contributed by atoms with E-state index in [1.54, 1.807) is 12.3 Å². The Morgan fingerprint density at radius 1 is 1.37 bits per heavy atom. The van der Waals surface area contributed by atoms with Crippen LogP contribution in [0.1, 0.15) is 29.3 Å². The van der Waals surface area contributed by atoms with Crippen molar-refractivity contribution in [2.45, 2.75) is 19.8 Å². The van der Waals surface area contributed by atoms with Gasteiger partial charge < -0.3 is 5.11 Å². The van der Waals surface area contributed by atoms with Crippen LogP contribution < -0.4 is 0 Å². The molecule has 2 rings (SSSR count). The smallest absolute Gasteiger partial charge is 0.338 e. The van der Waals surface area contributed by atoms with Gasteiger partial charge in [-0.25, -0.2) is 9.78 Å². The predicted octanol–water partition coefficient (Wildman–Crippen LogP) is 4.05. The van der Waals surface area contributed by atoms with Crippen LogP contribution in [0.5, 0.6) is 0 Å². The summed E-state index contributed by atoms with van der Waals surface area (Å²) in [6.07, 6.45) is 3.59. The average Bonchev–Trinajstić information content (AvgIpc) is 2.40. The number of benzene rings is 1. The zero-order chi connectivity index (χ0) is 13.8. The van der Waals surface area contributed by atoms with Crippen molar-refractivity contribution in [2.24, 2.45) is 0 Å². The highest BCUT2D eigenvalue weighted by Crippen LogP contribution is 2.27. The van der Waals surface area contributed by atoms with Crippen LogP contribution in [0.15, 0.2) is 36.5 Å². The molecule has 0 saturated heterocycles. The van der Waals surface area contributed by atoms with Gasteiger partial charge in [0, 0.05) is 11.8 Å². The Kier molecular flexibility index (Phi) is 4.17. The second-order valence-corrected chi connectivity index (χ2v) is 4.63. The van der Waals surface area contributed by atoms with Gasteiger partial charge >= 0.3 is 5.97 Å². The highest BCUT2D eigenvalue weighted by Gasteiger charge is 2.13. The highest BCUT2D eigenvalue weighted by atomic mass is 35.5. The fourth-order valence-electron chi connectivity index (χ4n) is 2.03. The van der Waals surface area contributed by atoms with Crippen LogP contribution in [0.2, 0.25) is 5.15 Å². The standard InChI is InChI=1S/C15H14ClNO2/c1-2-5-10-6-3-4-7-12(10)11-8-13(15(18)19)14(16)17-9-11/h3-4,6-9H,2,5H2,1H3,(H,18,19). The van der Waals surface area contributed by atoms with Crippen LogP contribution in [-0.4, -0.2) is 16.1 Å². The number of hydrogen-bond donors (Lipinski definition) is 1. The molecule has 1 N–H and O–H groups in total. The molecule has 0 bridgehead atoms.